The Hall–Kier alpha value is -3.42. The first-order valence-electron chi connectivity index (χ1n) is 9.82. The molecule has 2 aromatic rings. The van der Waals surface area contributed by atoms with Gasteiger partial charge in [-0.3, -0.25) is 4.79 Å². The Balaban J connectivity index is 1.61. The predicted molar refractivity (Wildman–Crippen MR) is 111 cm³/mol. The second-order valence-corrected chi connectivity index (χ2v) is 8.17. The maximum atomic E-state index is 12.6. The van der Waals surface area contributed by atoms with Crippen molar-refractivity contribution in [3.8, 4) is 11.8 Å². The minimum atomic E-state index is -0.924. The zero-order valence-corrected chi connectivity index (χ0v) is 17.6. The number of hydrogen-bond acceptors (Lipinski definition) is 6. The van der Waals surface area contributed by atoms with E-state index in [1.165, 1.54) is 12.4 Å². The summed E-state index contributed by atoms with van der Waals surface area (Å²) >= 11 is 0. The number of fused-ring (bicyclic) bond motifs is 1. The molecule has 1 aromatic heterocycles. The van der Waals surface area contributed by atoms with Crippen LogP contribution in [-0.4, -0.2) is 27.4 Å². The third-order valence-corrected chi connectivity index (χ3v) is 5.48. The molecular weight excluding hydrogens is 384 g/mol. The predicted octanol–water partition coefficient (Wildman–Crippen LogP) is 4.12. The maximum Gasteiger partial charge on any atom is 0.329 e. The van der Waals surface area contributed by atoms with E-state index in [0.29, 0.717) is 17.9 Å². The third-order valence-electron chi connectivity index (χ3n) is 5.48. The van der Waals surface area contributed by atoms with Gasteiger partial charge >= 0.3 is 12.0 Å². The van der Waals surface area contributed by atoms with E-state index in [9.17, 15) is 9.59 Å². The van der Waals surface area contributed by atoms with Crippen molar-refractivity contribution in [2.45, 2.75) is 52.2 Å². The minimum Gasteiger partial charge on any atom is -0.488 e. The van der Waals surface area contributed by atoms with E-state index in [-0.39, 0.29) is 11.9 Å². The van der Waals surface area contributed by atoms with Crippen LogP contribution in [0.15, 0.2) is 36.4 Å². The van der Waals surface area contributed by atoms with E-state index in [1.807, 2.05) is 52.0 Å². The van der Waals surface area contributed by atoms with Gasteiger partial charge in [-0.15, -0.1) is 0 Å². The number of nitrogens with one attached hydrogen (secondary N) is 1. The number of rotatable bonds is 4. The summed E-state index contributed by atoms with van der Waals surface area (Å²) in [5, 5.41) is 2.71. The van der Waals surface area contributed by atoms with Crippen molar-refractivity contribution in [1.29, 1.82) is 0 Å². The molecule has 0 saturated carbocycles. The monoisotopic (exact) mass is 408 g/mol. The number of ether oxygens (including phenoxy) is 2. The van der Waals surface area contributed by atoms with Crippen LogP contribution in [-0.2, 0) is 15.1 Å². The van der Waals surface area contributed by atoms with Gasteiger partial charge in [0.25, 0.3) is 5.91 Å². The molecule has 8 heteroatoms. The topological polar surface area (TPSA) is 93.7 Å². The molecule has 3 amide bonds. The molecule has 8 nitrogen and oxygen atoms in total. The van der Waals surface area contributed by atoms with Crippen LogP contribution < -0.4 is 15.0 Å². The maximum absolute atomic E-state index is 12.6. The summed E-state index contributed by atoms with van der Waals surface area (Å²) < 4.78 is 11.9. The Labute approximate surface area is 174 Å². The molecule has 1 N–H and O–H groups in total. The first-order valence-corrected chi connectivity index (χ1v) is 9.82. The zero-order valence-electron chi connectivity index (χ0n) is 17.6. The summed E-state index contributed by atoms with van der Waals surface area (Å²) in [4.78, 5) is 34.4. The van der Waals surface area contributed by atoms with Gasteiger partial charge in [-0.2, -0.15) is 0 Å². The van der Waals surface area contributed by atoms with Gasteiger partial charge in [-0.25, -0.2) is 19.7 Å². The molecule has 3 heterocycles. The molecule has 1 saturated heterocycles. The van der Waals surface area contributed by atoms with Gasteiger partial charge in [0.15, 0.2) is 0 Å². The number of aromatic nitrogens is 2. The molecule has 1 atom stereocenters. The third kappa shape index (κ3) is 3.18. The van der Waals surface area contributed by atoms with Crippen LogP contribution in [0.5, 0.6) is 11.8 Å². The van der Waals surface area contributed by atoms with Gasteiger partial charge < -0.3 is 14.8 Å². The summed E-state index contributed by atoms with van der Waals surface area (Å²) in [6, 6.07) is 5.36. The number of allylic oxidation sites excluding steroid dienone is 1. The summed E-state index contributed by atoms with van der Waals surface area (Å²) in [5.41, 5.74) is 0.702. The zero-order chi connectivity index (χ0) is 21.7. The van der Waals surface area contributed by atoms with Crippen molar-refractivity contribution in [2.24, 2.45) is 0 Å². The van der Waals surface area contributed by atoms with E-state index >= 15 is 0 Å². The van der Waals surface area contributed by atoms with Gasteiger partial charge in [0.2, 0.25) is 0 Å². The van der Waals surface area contributed by atoms with Crippen molar-refractivity contribution < 1.29 is 19.1 Å². The van der Waals surface area contributed by atoms with Crippen LogP contribution >= 0.6 is 0 Å². The first-order chi connectivity index (χ1) is 14.1. The number of amides is 3. The Morgan fingerprint density at radius 3 is 2.50 bits per heavy atom. The number of urea groups is 1. The molecular formula is C22H24N4O4. The van der Waals surface area contributed by atoms with Crippen LogP contribution in [0.1, 0.15) is 52.2 Å². The van der Waals surface area contributed by atoms with Crippen molar-refractivity contribution in [2.75, 3.05) is 4.90 Å². The highest BCUT2D eigenvalue weighted by atomic mass is 16.5. The molecule has 0 spiro atoms. The van der Waals surface area contributed by atoms with Gasteiger partial charge in [-0.1, -0.05) is 19.1 Å². The largest absolute Gasteiger partial charge is 0.488 e. The van der Waals surface area contributed by atoms with Gasteiger partial charge in [0.05, 0.1) is 23.8 Å². The summed E-state index contributed by atoms with van der Waals surface area (Å²) in [6.45, 7) is 9.41. The fourth-order valence-electron chi connectivity index (χ4n) is 3.83. The summed E-state index contributed by atoms with van der Waals surface area (Å²) in [6.07, 6.45) is 5.26. The first kappa shape index (κ1) is 19.9. The molecule has 1 aromatic carbocycles. The normalized spacial score (nSPS) is 22.2. The van der Waals surface area contributed by atoms with E-state index in [1.54, 1.807) is 6.92 Å². The molecule has 0 aliphatic carbocycles. The molecule has 156 valence electrons. The van der Waals surface area contributed by atoms with E-state index in [2.05, 4.69) is 15.3 Å². The number of carbonyl (C=O) groups is 2. The van der Waals surface area contributed by atoms with Crippen LogP contribution in [0.3, 0.4) is 0 Å². The highest BCUT2D eigenvalue weighted by Crippen LogP contribution is 2.42. The van der Waals surface area contributed by atoms with Crippen molar-refractivity contribution in [3.05, 3.63) is 47.5 Å². The smallest absolute Gasteiger partial charge is 0.329 e. The summed E-state index contributed by atoms with van der Waals surface area (Å²) in [7, 11) is 0. The van der Waals surface area contributed by atoms with Crippen molar-refractivity contribution in [1.82, 2.24) is 15.3 Å². The fourth-order valence-corrected chi connectivity index (χ4v) is 3.83. The van der Waals surface area contributed by atoms with E-state index in [4.69, 9.17) is 9.47 Å². The van der Waals surface area contributed by atoms with Crippen LogP contribution in [0, 0.1) is 0 Å². The molecule has 1 fully saturated rings. The molecule has 2 aliphatic heterocycles. The number of imide groups is 1. The summed E-state index contributed by atoms with van der Waals surface area (Å²) in [5.74, 6) is 1.09. The van der Waals surface area contributed by atoms with E-state index < -0.39 is 17.2 Å². The average Bonchev–Trinajstić information content (AvgIpc) is 2.90. The van der Waals surface area contributed by atoms with Crippen LogP contribution in [0.2, 0.25) is 0 Å². The average molecular weight is 408 g/mol. The molecule has 0 unspecified atom stereocenters. The number of nitrogens with zero attached hydrogens (tertiary/aromatic N) is 3. The second-order valence-electron chi connectivity index (χ2n) is 8.17. The molecule has 2 aliphatic rings. The lowest BCUT2D eigenvalue weighted by atomic mass is 9.89. The Morgan fingerprint density at radius 2 is 1.87 bits per heavy atom. The standard InChI is InChI=1S/C22H24N4O4/c1-6-22(5)18(27)26(20(28)25-22)15-11-23-19(24-12-15)29-16-9-7-8-14-10-13(2)30-21(3,4)17(14)16/h7-12H,6H2,1-5H3,(H,25,28)/t22-/m1/s1. The molecule has 0 bridgehead atoms. The van der Waals surface area contributed by atoms with Gasteiger partial charge in [-0.05, 0) is 51.8 Å². The fraction of sp³-hybridized carbons (Fsp3) is 0.364. The van der Waals surface area contributed by atoms with Gasteiger partial charge in [0, 0.05) is 5.56 Å². The highest BCUT2D eigenvalue weighted by Gasteiger charge is 2.47. The second kappa shape index (κ2) is 6.83. The Bertz CT molecular complexity index is 1060. The molecule has 30 heavy (non-hydrogen) atoms. The number of anilines is 1. The van der Waals surface area contributed by atoms with Crippen LogP contribution in [0.25, 0.3) is 6.08 Å². The van der Waals surface area contributed by atoms with Crippen molar-refractivity contribution >= 4 is 23.7 Å². The minimum absolute atomic E-state index is 0.111. The number of carbonyl (C=O) groups excluding carboxylic acids is 2. The highest BCUT2D eigenvalue weighted by molar-refractivity contribution is 6.23. The lowest BCUT2D eigenvalue weighted by Crippen LogP contribution is -2.43. The lowest BCUT2D eigenvalue weighted by molar-refractivity contribution is -0.121. The molecule has 0 radical (unpaired) electrons. The molecule has 4 rings (SSSR count). The number of benzene rings is 1. The van der Waals surface area contributed by atoms with Crippen molar-refractivity contribution in [3.63, 3.8) is 0 Å². The number of hydrogen-bond donors (Lipinski definition) is 1. The SMILES string of the molecule is CC[C@@]1(C)NC(=O)N(c2cnc(Oc3cccc4c3C(C)(C)OC(C)=C4)nc2)C1=O. The Morgan fingerprint density at radius 1 is 1.17 bits per heavy atom. The van der Waals surface area contributed by atoms with Crippen LogP contribution in [0.4, 0.5) is 10.5 Å². The van der Waals surface area contributed by atoms with E-state index in [0.717, 1.165) is 21.8 Å². The Kier molecular flexibility index (Phi) is 4.52. The quantitative estimate of drug-likeness (QED) is 0.765. The lowest BCUT2D eigenvalue weighted by Gasteiger charge is -2.33. The van der Waals surface area contributed by atoms with Gasteiger partial charge in [0.1, 0.15) is 16.9 Å².